The second-order valence-corrected chi connectivity index (χ2v) is 6.64. The maximum absolute atomic E-state index is 12.3. The van der Waals surface area contributed by atoms with Gasteiger partial charge in [0.25, 0.3) is 0 Å². The van der Waals surface area contributed by atoms with Gasteiger partial charge in [-0.3, -0.25) is 30.0 Å². The summed E-state index contributed by atoms with van der Waals surface area (Å²) in [5.41, 5.74) is 18.3. The maximum atomic E-state index is 12.3. The van der Waals surface area contributed by atoms with Crippen LogP contribution >= 0.6 is 0 Å². The number of carbonyl (C=O) groups excluding carboxylic acids is 4. The van der Waals surface area contributed by atoms with Crippen LogP contribution in [0.25, 0.3) is 0 Å². The molecule has 1 heterocycles. The lowest BCUT2D eigenvalue weighted by Crippen LogP contribution is -2.63. The molecule has 0 bridgehead atoms. The van der Waals surface area contributed by atoms with Crippen molar-refractivity contribution < 1.29 is 19.2 Å². The Labute approximate surface area is 132 Å². The Kier molecular flexibility index (Phi) is 3.97. The Morgan fingerprint density at radius 2 is 1.22 bits per heavy atom. The molecule has 0 aromatic heterocycles. The van der Waals surface area contributed by atoms with Crippen LogP contribution in [0.3, 0.4) is 0 Å². The lowest BCUT2D eigenvalue weighted by Gasteiger charge is -2.50. The van der Waals surface area contributed by atoms with Crippen LogP contribution < -0.4 is 27.9 Å². The third-order valence-electron chi connectivity index (χ3n) is 5.66. The minimum absolute atomic E-state index is 0.252. The maximum Gasteiger partial charge on any atom is 0.238 e. The molecule has 0 aromatic rings. The van der Waals surface area contributed by atoms with Crippen molar-refractivity contribution >= 4 is 23.6 Å². The van der Waals surface area contributed by atoms with Crippen molar-refractivity contribution in [3.8, 4) is 0 Å². The van der Waals surface area contributed by atoms with E-state index in [0.29, 0.717) is 25.7 Å². The highest BCUT2D eigenvalue weighted by Gasteiger charge is 2.56. The first-order valence-corrected chi connectivity index (χ1v) is 7.85. The Balaban J connectivity index is 2.04. The van der Waals surface area contributed by atoms with Crippen LogP contribution in [0.1, 0.15) is 25.7 Å². The summed E-state index contributed by atoms with van der Waals surface area (Å²) in [5, 5.41) is 0. The number of hydrogen-bond donors (Lipinski definition) is 5. The van der Waals surface area contributed by atoms with Crippen molar-refractivity contribution in [3.05, 3.63) is 0 Å². The summed E-state index contributed by atoms with van der Waals surface area (Å²) in [7, 11) is 0. The van der Waals surface area contributed by atoms with Crippen molar-refractivity contribution in [1.82, 2.24) is 16.4 Å². The van der Waals surface area contributed by atoms with E-state index in [4.69, 9.17) is 11.5 Å². The number of nitrogens with one attached hydrogen (secondary N) is 3. The van der Waals surface area contributed by atoms with E-state index in [1.54, 1.807) is 0 Å². The van der Waals surface area contributed by atoms with Gasteiger partial charge >= 0.3 is 0 Å². The Hall–Kier alpha value is -2.16. The molecule has 7 N–H and O–H groups in total. The van der Waals surface area contributed by atoms with E-state index in [1.165, 1.54) is 0 Å². The number of hydrazine groups is 2. The zero-order valence-corrected chi connectivity index (χ0v) is 12.6. The molecular weight excluding hydrogens is 302 g/mol. The predicted molar refractivity (Wildman–Crippen MR) is 77.2 cm³/mol. The average Bonchev–Trinajstić information content (AvgIpc) is 2.50. The van der Waals surface area contributed by atoms with E-state index < -0.39 is 47.3 Å². The Bertz CT molecular complexity index is 519. The van der Waals surface area contributed by atoms with Gasteiger partial charge in [-0.2, -0.15) is 0 Å². The smallest absolute Gasteiger partial charge is 0.238 e. The van der Waals surface area contributed by atoms with Crippen molar-refractivity contribution in [2.45, 2.75) is 25.7 Å². The second kappa shape index (κ2) is 5.80. The molecule has 0 spiro atoms. The quantitative estimate of drug-likeness (QED) is 0.394. The molecule has 4 unspecified atom stereocenters. The summed E-state index contributed by atoms with van der Waals surface area (Å²) >= 11 is 0. The van der Waals surface area contributed by atoms with Gasteiger partial charge in [-0.1, -0.05) is 0 Å². The molecule has 1 aliphatic heterocycles. The molecule has 126 valence electrons. The molecule has 3 aliphatic rings. The lowest BCUT2D eigenvalue weighted by molar-refractivity contribution is -0.156. The molecule has 3 fully saturated rings. The molecule has 3 rings (SSSR count). The molecule has 9 heteroatoms. The summed E-state index contributed by atoms with van der Waals surface area (Å²) in [6, 6.07) is 0. The molecular formula is C14H21N5O4. The molecule has 0 aromatic carbocycles. The number of nitrogens with two attached hydrogens (primary N) is 2. The molecule has 4 atom stereocenters. The van der Waals surface area contributed by atoms with Crippen LogP contribution in [-0.4, -0.2) is 23.6 Å². The average molecular weight is 323 g/mol. The zero-order chi connectivity index (χ0) is 16.7. The summed E-state index contributed by atoms with van der Waals surface area (Å²) in [4.78, 5) is 48.4. The van der Waals surface area contributed by atoms with Gasteiger partial charge < -0.3 is 11.5 Å². The number of amides is 4. The first-order valence-electron chi connectivity index (χ1n) is 7.85. The second-order valence-electron chi connectivity index (χ2n) is 6.64. The number of rotatable bonds is 2. The van der Waals surface area contributed by atoms with Gasteiger partial charge in [-0.15, -0.1) is 5.53 Å². The first-order chi connectivity index (χ1) is 10.9. The SMILES string of the molecule is NC(=O)C1CCC2C(=O)NNNC(=O)C3CCC(C(N)=O)C1C23. The highest BCUT2D eigenvalue weighted by Crippen LogP contribution is 2.52. The zero-order valence-electron chi connectivity index (χ0n) is 12.6. The van der Waals surface area contributed by atoms with Gasteiger partial charge in [0.2, 0.25) is 23.6 Å². The molecule has 2 saturated carbocycles. The van der Waals surface area contributed by atoms with E-state index in [0.717, 1.165) is 0 Å². The van der Waals surface area contributed by atoms with Gasteiger partial charge in [0.1, 0.15) is 0 Å². The number of primary amides is 2. The summed E-state index contributed by atoms with van der Waals surface area (Å²) in [5.74, 6) is -4.33. The first kappa shape index (κ1) is 15.7. The van der Waals surface area contributed by atoms with Gasteiger partial charge in [-0.05, 0) is 37.5 Å². The Morgan fingerprint density at radius 3 is 1.61 bits per heavy atom. The third kappa shape index (κ3) is 2.54. The van der Waals surface area contributed by atoms with Crippen LogP contribution in [0.15, 0.2) is 0 Å². The van der Waals surface area contributed by atoms with Crippen LogP contribution in [0.4, 0.5) is 0 Å². The standard InChI is InChI=1S/C14H21N5O4/c15-11(20)5-1-3-7-10-8(14(23)18-19-17-13(7)22)4-2-6(9(5)10)12(16)21/h5-10,19H,1-4H2,(H2,15,20)(H2,16,21)(H,17,22)(H,18,23). The minimum Gasteiger partial charge on any atom is -0.369 e. The monoisotopic (exact) mass is 323 g/mol. The fraction of sp³-hybridized carbons (Fsp3) is 0.714. The van der Waals surface area contributed by atoms with Crippen LogP contribution in [0, 0.1) is 35.5 Å². The van der Waals surface area contributed by atoms with Crippen molar-refractivity contribution in [3.63, 3.8) is 0 Å². The molecule has 0 radical (unpaired) electrons. The van der Waals surface area contributed by atoms with E-state index in [9.17, 15) is 19.2 Å². The fourth-order valence-electron chi connectivity index (χ4n) is 4.74. The third-order valence-corrected chi connectivity index (χ3v) is 5.66. The summed E-state index contributed by atoms with van der Waals surface area (Å²) in [6.45, 7) is 0. The van der Waals surface area contributed by atoms with E-state index in [-0.39, 0.29) is 11.8 Å². The van der Waals surface area contributed by atoms with Gasteiger partial charge in [0.15, 0.2) is 0 Å². The summed E-state index contributed by atoms with van der Waals surface area (Å²) in [6.07, 6.45) is 1.76. The van der Waals surface area contributed by atoms with Crippen molar-refractivity contribution in [2.24, 2.45) is 47.0 Å². The van der Waals surface area contributed by atoms with Gasteiger partial charge in [-0.25, -0.2) is 0 Å². The molecule has 23 heavy (non-hydrogen) atoms. The number of hydrogen-bond acceptors (Lipinski definition) is 5. The normalized spacial score (nSPS) is 40.0. The largest absolute Gasteiger partial charge is 0.369 e. The van der Waals surface area contributed by atoms with Gasteiger partial charge in [0, 0.05) is 23.7 Å². The van der Waals surface area contributed by atoms with Crippen molar-refractivity contribution in [1.29, 1.82) is 0 Å². The highest BCUT2D eigenvalue weighted by atomic mass is 16.2. The number of carbonyl (C=O) groups is 4. The lowest BCUT2D eigenvalue weighted by atomic mass is 9.53. The van der Waals surface area contributed by atoms with E-state index in [1.807, 2.05) is 0 Å². The van der Waals surface area contributed by atoms with Crippen LogP contribution in [-0.2, 0) is 19.2 Å². The Morgan fingerprint density at radius 1 is 0.783 bits per heavy atom. The van der Waals surface area contributed by atoms with E-state index in [2.05, 4.69) is 16.4 Å². The fourth-order valence-corrected chi connectivity index (χ4v) is 4.74. The van der Waals surface area contributed by atoms with Crippen LogP contribution in [0.5, 0.6) is 0 Å². The molecule has 9 nitrogen and oxygen atoms in total. The summed E-state index contributed by atoms with van der Waals surface area (Å²) < 4.78 is 0. The molecule has 2 aliphatic carbocycles. The van der Waals surface area contributed by atoms with Crippen LogP contribution in [0.2, 0.25) is 0 Å². The van der Waals surface area contributed by atoms with Gasteiger partial charge in [0.05, 0.1) is 0 Å². The predicted octanol–water partition coefficient (Wildman–Crippen LogP) is -2.09. The van der Waals surface area contributed by atoms with E-state index >= 15 is 0 Å². The van der Waals surface area contributed by atoms with Crippen molar-refractivity contribution in [2.75, 3.05) is 0 Å². The topological polar surface area (TPSA) is 156 Å². The minimum atomic E-state index is -0.537. The molecule has 4 amide bonds. The molecule has 1 saturated heterocycles. The highest BCUT2D eigenvalue weighted by molar-refractivity contribution is 5.87.